The lowest BCUT2D eigenvalue weighted by molar-refractivity contribution is 0.0765. The number of carbonyl (C=O) groups is 1. The molecule has 0 aromatic heterocycles. The van der Waals surface area contributed by atoms with Crippen molar-refractivity contribution in [1.82, 2.24) is 4.90 Å². The molecule has 1 aliphatic heterocycles. The number of nitrogens with two attached hydrogens (primary N) is 1. The highest BCUT2D eigenvalue weighted by Gasteiger charge is 2.25. The molecule has 1 amide bonds. The van der Waals surface area contributed by atoms with E-state index in [1.54, 1.807) is 23.1 Å². The fourth-order valence-corrected chi connectivity index (χ4v) is 2.08. The summed E-state index contributed by atoms with van der Waals surface area (Å²) in [6.45, 7) is 3.40. The molecule has 1 heterocycles. The summed E-state index contributed by atoms with van der Waals surface area (Å²) in [6, 6.07) is 5.03. The third-order valence-electron chi connectivity index (χ3n) is 3.01. The molecule has 0 bridgehead atoms. The Morgan fingerprint density at radius 3 is 2.94 bits per heavy atom. The molecule has 5 heteroatoms. The number of nitrogens with zero attached hydrogens (tertiary/aromatic N) is 1. The van der Waals surface area contributed by atoms with Gasteiger partial charge in [-0.25, -0.2) is 0 Å². The van der Waals surface area contributed by atoms with Gasteiger partial charge >= 0.3 is 0 Å². The molecule has 5 nitrogen and oxygen atoms in total. The van der Waals surface area contributed by atoms with Gasteiger partial charge in [-0.1, -0.05) is 0 Å². The summed E-state index contributed by atoms with van der Waals surface area (Å²) in [5.41, 5.74) is 6.82. The Bertz CT molecular complexity index is 448. The van der Waals surface area contributed by atoms with Crippen LogP contribution in [-0.4, -0.2) is 41.7 Å². The fraction of sp³-hybridized carbons (Fsp3) is 0.462. The smallest absolute Gasteiger partial charge is 0.254 e. The van der Waals surface area contributed by atoms with Gasteiger partial charge in [0.15, 0.2) is 0 Å². The van der Waals surface area contributed by atoms with Gasteiger partial charge < -0.3 is 20.5 Å². The van der Waals surface area contributed by atoms with Gasteiger partial charge in [0, 0.05) is 18.7 Å². The number of aliphatic hydroxyl groups is 1. The van der Waals surface area contributed by atoms with Gasteiger partial charge in [-0.3, -0.25) is 4.79 Å². The number of aliphatic hydroxyl groups excluding tert-OH is 1. The summed E-state index contributed by atoms with van der Waals surface area (Å²) < 4.78 is 5.32. The van der Waals surface area contributed by atoms with Crippen molar-refractivity contribution in [1.29, 1.82) is 0 Å². The maximum absolute atomic E-state index is 12.1. The first-order chi connectivity index (χ1) is 8.61. The number of ether oxygens (including phenoxy) is 1. The van der Waals surface area contributed by atoms with Gasteiger partial charge in [-0.15, -0.1) is 0 Å². The summed E-state index contributed by atoms with van der Waals surface area (Å²) in [6.07, 6.45) is 0.229. The van der Waals surface area contributed by atoms with Crippen molar-refractivity contribution in [2.75, 3.05) is 25.4 Å². The lowest BCUT2D eigenvalue weighted by Crippen LogP contribution is -2.29. The quantitative estimate of drug-likeness (QED) is 0.781. The minimum Gasteiger partial charge on any atom is -0.492 e. The zero-order chi connectivity index (χ0) is 13.1. The number of hydrogen-bond acceptors (Lipinski definition) is 4. The number of likely N-dealkylation sites (tertiary alicyclic amines) is 1. The molecule has 1 aliphatic rings. The van der Waals surface area contributed by atoms with Crippen LogP contribution in [0.15, 0.2) is 18.2 Å². The van der Waals surface area contributed by atoms with E-state index in [9.17, 15) is 9.90 Å². The number of nitrogen functional groups attached to an aromatic ring is 1. The molecule has 0 unspecified atom stereocenters. The van der Waals surface area contributed by atoms with Crippen LogP contribution in [0.3, 0.4) is 0 Å². The lowest BCUT2D eigenvalue weighted by Gasteiger charge is -2.16. The Morgan fingerprint density at radius 1 is 1.61 bits per heavy atom. The Morgan fingerprint density at radius 2 is 2.39 bits per heavy atom. The zero-order valence-electron chi connectivity index (χ0n) is 10.4. The van der Waals surface area contributed by atoms with Gasteiger partial charge in [0.05, 0.1) is 18.4 Å². The van der Waals surface area contributed by atoms with Crippen LogP contribution in [0.2, 0.25) is 0 Å². The first-order valence-electron chi connectivity index (χ1n) is 6.11. The topological polar surface area (TPSA) is 75.8 Å². The molecule has 1 atom stereocenters. The summed E-state index contributed by atoms with van der Waals surface area (Å²) in [5, 5.41) is 9.43. The number of anilines is 1. The summed E-state index contributed by atoms with van der Waals surface area (Å²) in [7, 11) is 0. The first kappa shape index (κ1) is 12.7. The molecule has 1 saturated heterocycles. The molecule has 3 N–H and O–H groups in total. The Kier molecular flexibility index (Phi) is 3.72. The van der Waals surface area contributed by atoms with Crippen LogP contribution in [0.4, 0.5) is 5.69 Å². The highest BCUT2D eigenvalue weighted by Crippen LogP contribution is 2.24. The van der Waals surface area contributed by atoms with E-state index in [1.165, 1.54) is 0 Å². The first-order valence-corrected chi connectivity index (χ1v) is 6.11. The maximum Gasteiger partial charge on any atom is 0.254 e. The number of rotatable bonds is 3. The van der Waals surface area contributed by atoms with Crippen LogP contribution in [0.25, 0.3) is 0 Å². The molecule has 2 rings (SSSR count). The lowest BCUT2D eigenvalue weighted by atomic mass is 10.1. The van der Waals surface area contributed by atoms with E-state index in [2.05, 4.69) is 0 Å². The summed E-state index contributed by atoms with van der Waals surface area (Å²) in [4.78, 5) is 13.8. The van der Waals surface area contributed by atoms with Gasteiger partial charge in [-0.2, -0.15) is 0 Å². The molecule has 1 aromatic carbocycles. The van der Waals surface area contributed by atoms with Crippen molar-refractivity contribution < 1.29 is 14.6 Å². The van der Waals surface area contributed by atoms with Gasteiger partial charge in [0.2, 0.25) is 0 Å². The van der Waals surface area contributed by atoms with Crippen LogP contribution in [0.5, 0.6) is 5.75 Å². The van der Waals surface area contributed by atoms with Gasteiger partial charge in [-0.05, 0) is 31.5 Å². The standard InChI is InChI=1S/C13H18N2O3/c1-2-18-12-4-3-9(7-11(12)14)13(17)15-6-5-10(16)8-15/h3-4,7,10,16H,2,5-6,8,14H2,1H3/t10-/m0/s1. The van der Waals surface area contributed by atoms with Crippen LogP contribution in [0.1, 0.15) is 23.7 Å². The molecular formula is C13H18N2O3. The number of β-amino-alcohol motifs (C(OH)–C–C–N with tert-alkyl or cyclic N) is 1. The van der Waals surface area contributed by atoms with Crippen molar-refractivity contribution in [2.24, 2.45) is 0 Å². The molecule has 0 radical (unpaired) electrons. The van der Waals surface area contributed by atoms with Crippen molar-refractivity contribution >= 4 is 11.6 Å². The number of hydrogen-bond donors (Lipinski definition) is 2. The van der Waals surface area contributed by atoms with Crippen molar-refractivity contribution in [3.05, 3.63) is 23.8 Å². The third kappa shape index (κ3) is 2.56. The van der Waals surface area contributed by atoms with Crippen LogP contribution < -0.4 is 10.5 Å². The van der Waals surface area contributed by atoms with E-state index in [-0.39, 0.29) is 5.91 Å². The number of benzene rings is 1. The van der Waals surface area contributed by atoms with E-state index in [0.717, 1.165) is 0 Å². The highest BCUT2D eigenvalue weighted by molar-refractivity contribution is 5.95. The summed E-state index contributed by atoms with van der Waals surface area (Å²) >= 11 is 0. The molecule has 0 saturated carbocycles. The van der Waals surface area contributed by atoms with E-state index < -0.39 is 6.10 Å². The van der Waals surface area contributed by atoms with Crippen LogP contribution >= 0.6 is 0 Å². The van der Waals surface area contributed by atoms with E-state index >= 15 is 0 Å². The van der Waals surface area contributed by atoms with E-state index in [1.807, 2.05) is 6.92 Å². The molecule has 98 valence electrons. The minimum atomic E-state index is -0.408. The largest absolute Gasteiger partial charge is 0.492 e. The molecule has 0 spiro atoms. The Labute approximate surface area is 106 Å². The monoisotopic (exact) mass is 250 g/mol. The summed E-state index contributed by atoms with van der Waals surface area (Å²) in [5.74, 6) is 0.497. The maximum atomic E-state index is 12.1. The fourth-order valence-electron chi connectivity index (χ4n) is 2.08. The number of carbonyl (C=O) groups excluding carboxylic acids is 1. The number of amides is 1. The molecule has 1 aromatic rings. The van der Waals surface area contributed by atoms with E-state index in [0.29, 0.717) is 43.1 Å². The van der Waals surface area contributed by atoms with E-state index in [4.69, 9.17) is 10.5 Å². The highest BCUT2D eigenvalue weighted by atomic mass is 16.5. The predicted octanol–water partition coefficient (Wildman–Crippen LogP) is 0.874. The van der Waals surface area contributed by atoms with Gasteiger partial charge in [0.1, 0.15) is 5.75 Å². The van der Waals surface area contributed by atoms with Crippen LogP contribution in [-0.2, 0) is 0 Å². The van der Waals surface area contributed by atoms with Crippen molar-refractivity contribution in [3.63, 3.8) is 0 Å². The normalized spacial score (nSPS) is 19.0. The second-order valence-corrected chi connectivity index (χ2v) is 4.38. The second kappa shape index (κ2) is 5.27. The predicted molar refractivity (Wildman–Crippen MR) is 68.6 cm³/mol. The third-order valence-corrected chi connectivity index (χ3v) is 3.01. The average molecular weight is 250 g/mol. The van der Waals surface area contributed by atoms with Crippen molar-refractivity contribution in [3.8, 4) is 5.75 Å². The molecular weight excluding hydrogens is 232 g/mol. The molecule has 18 heavy (non-hydrogen) atoms. The van der Waals surface area contributed by atoms with Crippen LogP contribution in [0, 0.1) is 0 Å². The second-order valence-electron chi connectivity index (χ2n) is 4.38. The van der Waals surface area contributed by atoms with Crippen molar-refractivity contribution in [2.45, 2.75) is 19.4 Å². The Hall–Kier alpha value is -1.75. The zero-order valence-corrected chi connectivity index (χ0v) is 10.4. The minimum absolute atomic E-state index is 0.0960. The molecule has 0 aliphatic carbocycles. The molecule has 1 fully saturated rings. The van der Waals surface area contributed by atoms with Gasteiger partial charge in [0.25, 0.3) is 5.91 Å². The SMILES string of the molecule is CCOc1ccc(C(=O)N2CC[C@H](O)C2)cc1N. The Balaban J connectivity index is 2.13. The average Bonchev–Trinajstić information content (AvgIpc) is 2.78.